The molecule has 3 aromatic rings. The first kappa shape index (κ1) is 16.8. The van der Waals surface area contributed by atoms with Crippen molar-refractivity contribution in [3.63, 3.8) is 0 Å². The number of aromatic nitrogens is 2. The van der Waals surface area contributed by atoms with Gasteiger partial charge in [-0.25, -0.2) is 4.98 Å². The molecule has 2 aromatic heterocycles. The molecule has 0 radical (unpaired) electrons. The van der Waals surface area contributed by atoms with E-state index in [9.17, 15) is 4.79 Å². The van der Waals surface area contributed by atoms with Crippen molar-refractivity contribution in [1.82, 2.24) is 14.3 Å². The zero-order chi connectivity index (χ0) is 17.9. The molecule has 1 saturated heterocycles. The molecule has 0 unspecified atom stereocenters. The second-order valence-electron chi connectivity index (χ2n) is 6.56. The van der Waals surface area contributed by atoms with Gasteiger partial charge in [-0.3, -0.25) is 14.1 Å². The van der Waals surface area contributed by atoms with Gasteiger partial charge < -0.3 is 10.1 Å². The summed E-state index contributed by atoms with van der Waals surface area (Å²) in [5.74, 6) is -0.157. The second kappa shape index (κ2) is 7.27. The summed E-state index contributed by atoms with van der Waals surface area (Å²) >= 11 is 0. The van der Waals surface area contributed by atoms with E-state index in [1.165, 1.54) is 5.56 Å². The summed E-state index contributed by atoms with van der Waals surface area (Å²) in [4.78, 5) is 19.4. The summed E-state index contributed by atoms with van der Waals surface area (Å²) < 4.78 is 7.20. The lowest BCUT2D eigenvalue weighted by molar-refractivity contribution is 0.0342. The predicted octanol–water partition coefficient (Wildman–Crippen LogP) is 2.73. The Bertz CT molecular complexity index is 928. The number of hydrogen-bond donors (Lipinski definition) is 1. The van der Waals surface area contributed by atoms with Gasteiger partial charge in [0.05, 0.1) is 19.4 Å². The van der Waals surface area contributed by atoms with Crippen LogP contribution < -0.4 is 5.32 Å². The maximum absolute atomic E-state index is 12.7. The van der Waals surface area contributed by atoms with Gasteiger partial charge in [-0.2, -0.15) is 0 Å². The number of ether oxygens (including phenoxy) is 1. The van der Waals surface area contributed by atoms with Crippen molar-refractivity contribution in [2.24, 2.45) is 0 Å². The number of carbonyl (C=O) groups is 1. The smallest absolute Gasteiger partial charge is 0.274 e. The monoisotopic (exact) mass is 350 g/mol. The number of rotatable bonds is 4. The summed E-state index contributed by atoms with van der Waals surface area (Å²) in [7, 11) is 0. The molecule has 0 atom stereocenters. The van der Waals surface area contributed by atoms with Crippen LogP contribution in [0.4, 0.5) is 5.69 Å². The first-order valence-electron chi connectivity index (χ1n) is 8.84. The van der Waals surface area contributed by atoms with E-state index >= 15 is 0 Å². The molecule has 1 fully saturated rings. The molecule has 134 valence electrons. The van der Waals surface area contributed by atoms with Gasteiger partial charge in [0.1, 0.15) is 11.3 Å². The molecule has 1 aromatic carbocycles. The average Bonchev–Trinajstić information content (AvgIpc) is 3.09. The molecule has 4 rings (SSSR count). The summed E-state index contributed by atoms with van der Waals surface area (Å²) in [6.45, 7) is 6.31. The Labute approximate surface area is 152 Å². The maximum Gasteiger partial charge on any atom is 0.274 e. The molecule has 0 aliphatic carbocycles. The number of anilines is 1. The van der Waals surface area contributed by atoms with Gasteiger partial charge in [0.15, 0.2) is 0 Å². The van der Waals surface area contributed by atoms with Crippen LogP contribution in [0.5, 0.6) is 0 Å². The molecule has 1 aliphatic heterocycles. The first-order valence-corrected chi connectivity index (χ1v) is 8.84. The largest absolute Gasteiger partial charge is 0.379 e. The number of nitrogens with zero attached hydrogens (tertiary/aromatic N) is 3. The van der Waals surface area contributed by atoms with Crippen molar-refractivity contribution in [3.8, 4) is 0 Å². The highest BCUT2D eigenvalue weighted by Gasteiger charge is 2.15. The van der Waals surface area contributed by atoms with E-state index in [1.807, 2.05) is 31.3 Å². The van der Waals surface area contributed by atoms with Gasteiger partial charge >= 0.3 is 0 Å². The Morgan fingerprint density at radius 1 is 1.23 bits per heavy atom. The highest BCUT2D eigenvalue weighted by atomic mass is 16.5. The molecule has 6 heteroatoms. The number of aryl methyl sites for hydroxylation is 1. The molecule has 0 saturated carbocycles. The molecular formula is C20H22N4O2. The van der Waals surface area contributed by atoms with Crippen molar-refractivity contribution < 1.29 is 9.53 Å². The van der Waals surface area contributed by atoms with Crippen LogP contribution in [-0.2, 0) is 11.3 Å². The zero-order valence-corrected chi connectivity index (χ0v) is 14.8. The van der Waals surface area contributed by atoms with E-state index in [2.05, 4.69) is 33.4 Å². The lowest BCUT2D eigenvalue weighted by Gasteiger charge is -2.26. The third-order valence-corrected chi connectivity index (χ3v) is 4.71. The molecule has 6 nitrogen and oxygen atoms in total. The van der Waals surface area contributed by atoms with E-state index in [0.29, 0.717) is 5.69 Å². The minimum atomic E-state index is -0.157. The van der Waals surface area contributed by atoms with Crippen LogP contribution in [-0.4, -0.2) is 46.5 Å². The standard InChI is InChI=1S/C20H22N4O2/c1-15-5-6-16(14-23-8-10-26-11-9-23)12-17(15)22-20(25)18-13-21-19-4-2-3-7-24(18)19/h2-7,12-13H,8-11,14H2,1H3,(H,22,25). The van der Waals surface area contributed by atoms with Crippen LogP contribution in [0.1, 0.15) is 21.6 Å². The van der Waals surface area contributed by atoms with Crippen molar-refractivity contribution in [1.29, 1.82) is 0 Å². The summed E-state index contributed by atoms with van der Waals surface area (Å²) in [6.07, 6.45) is 3.45. The fraction of sp³-hybridized carbons (Fsp3) is 0.300. The van der Waals surface area contributed by atoms with E-state index in [0.717, 1.165) is 49.7 Å². The van der Waals surface area contributed by atoms with Crippen molar-refractivity contribution >= 4 is 17.2 Å². The number of imidazole rings is 1. The highest BCUT2D eigenvalue weighted by molar-refractivity contribution is 6.03. The Morgan fingerprint density at radius 2 is 2.08 bits per heavy atom. The molecule has 3 heterocycles. The molecule has 1 N–H and O–H groups in total. The molecule has 26 heavy (non-hydrogen) atoms. The molecular weight excluding hydrogens is 328 g/mol. The Balaban J connectivity index is 1.53. The van der Waals surface area contributed by atoms with Crippen LogP contribution in [0.25, 0.3) is 5.65 Å². The predicted molar refractivity (Wildman–Crippen MR) is 100 cm³/mol. The van der Waals surface area contributed by atoms with Crippen LogP contribution in [0.3, 0.4) is 0 Å². The van der Waals surface area contributed by atoms with E-state index in [1.54, 1.807) is 10.6 Å². The third kappa shape index (κ3) is 3.47. The van der Waals surface area contributed by atoms with Gasteiger partial charge in [-0.1, -0.05) is 18.2 Å². The van der Waals surface area contributed by atoms with Gasteiger partial charge in [0.25, 0.3) is 5.91 Å². The second-order valence-corrected chi connectivity index (χ2v) is 6.56. The maximum atomic E-state index is 12.7. The van der Waals surface area contributed by atoms with Crippen LogP contribution in [0.15, 0.2) is 48.8 Å². The van der Waals surface area contributed by atoms with E-state index < -0.39 is 0 Å². The fourth-order valence-electron chi connectivity index (χ4n) is 3.21. The fourth-order valence-corrected chi connectivity index (χ4v) is 3.21. The van der Waals surface area contributed by atoms with Crippen LogP contribution in [0, 0.1) is 6.92 Å². The van der Waals surface area contributed by atoms with Crippen molar-refractivity contribution in [2.45, 2.75) is 13.5 Å². The van der Waals surface area contributed by atoms with Gasteiger partial charge in [-0.05, 0) is 36.2 Å². The molecule has 1 amide bonds. The molecule has 0 bridgehead atoms. The minimum absolute atomic E-state index is 0.157. The lowest BCUT2D eigenvalue weighted by Crippen LogP contribution is -2.35. The normalized spacial score (nSPS) is 15.3. The molecule has 1 aliphatic rings. The number of nitrogens with one attached hydrogen (secondary N) is 1. The SMILES string of the molecule is Cc1ccc(CN2CCOCC2)cc1NC(=O)c1cnc2ccccn12. The van der Waals surface area contributed by atoms with Crippen LogP contribution in [0.2, 0.25) is 0 Å². The number of morpholine rings is 1. The first-order chi connectivity index (χ1) is 12.7. The zero-order valence-electron chi connectivity index (χ0n) is 14.8. The van der Waals surface area contributed by atoms with Crippen molar-refractivity contribution in [3.05, 3.63) is 65.6 Å². The number of benzene rings is 1. The Morgan fingerprint density at radius 3 is 2.92 bits per heavy atom. The average molecular weight is 350 g/mol. The summed E-state index contributed by atoms with van der Waals surface area (Å²) in [5.41, 5.74) is 4.35. The highest BCUT2D eigenvalue weighted by Crippen LogP contribution is 2.20. The van der Waals surface area contributed by atoms with E-state index in [-0.39, 0.29) is 5.91 Å². The van der Waals surface area contributed by atoms with Crippen molar-refractivity contribution in [2.75, 3.05) is 31.6 Å². The number of fused-ring (bicyclic) bond motifs is 1. The van der Waals surface area contributed by atoms with E-state index in [4.69, 9.17) is 4.74 Å². The summed E-state index contributed by atoms with van der Waals surface area (Å²) in [6, 6.07) is 11.9. The third-order valence-electron chi connectivity index (χ3n) is 4.71. The van der Waals surface area contributed by atoms with Gasteiger partial charge in [-0.15, -0.1) is 0 Å². The number of pyridine rings is 1. The van der Waals surface area contributed by atoms with Gasteiger partial charge in [0.2, 0.25) is 0 Å². The Kier molecular flexibility index (Phi) is 4.69. The van der Waals surface area contributed by atoms with Gasteiger partial charge in [0, 0.05) is 31.5 Å². The minimum Gasteiger partial charge on any atom is -0.379 e. The molecule has 0 spiro atoms. The van der Waals surface area contributed by atoms with Crippen LogP contribution >= 0.6 is 0 Å². The lowest BCUT2D eigenvalue weighted by atomic mass is 10.1. The number of amides is 1. The summed E-state index contributed by atoms with van der Waals surface area (Å²) in [5, 5.41) is 3.04. The topological polar surface area (TPSA) is 58.9 Å². The quantitative estimate of drug-likeness (QED) is 0.786. The Hall–Kier alpha value is -2.70. The number of carbonyl (C=O) groups excluding carboxylic acids is 1. The number of hydrogen-bond acceptors (Lipinski definition) is 4.